The Bertz CT molecular complexity index is 1140. The maximum atomic E-state index is 13.1. The number of nitrogens with two attached hydrogens (primary N) is 1. The molecular weight excluding hydrogens is 417 g/mol. The van der Waals surface area contributed by atoms with E-state index in [9.17, 15) is 4.39 Å². The molecule has 0 saturated heterocycles. The van der Waals surface area contributed by atoms with Crippen LogP contribution in [0.2, 0.25) is 0 Å². The zero-order chi connectivity index (χ0) is 21.6. The van der Waals surface area contributed by atoms with Crippen molar-refractivity contribution in [1.82, 2.24) is 25.1 Å². The third-order valence-electron chi connectivity index (χ3n) is 4.42. The van der Waals surface area contributed by atoms with Crippen LogP contribution >= 0.6 is 11.8 Å². The number of hydrogen-bond donors (Lipinski definition) is 2. The minimum Gasteiger partial charge on any atom is -0.416 e. The molecule has 10 heteroatoms. The van der Waals surface area contributed by atoms with Gasteiger partial charge in [0.1, 0.15) is 11.6 Å². The molecule has 0 fully saturated rings. The Kier molecular flexibility index (Phi) is 6.37. The van der Waals surface area contributed by atoms with E-state index < -0.39 is 0 Å². The summed E-state index contributed by atoms with van der Waals surface area (Å²) in [7, 11) is 0. The van der Waals surface area contributed by atoms with Crippen molar-refractivity contribution in [2.45, 2.75) is 30.2 Å². The van der Waals surface area contributed by atoms with E-state index in [1.807, 2.05) is 18.2 Å². The number of hydrogen-bond acceptors (Lipinski definition) is 9. The van der Waals surface area contributed by atoms with E-state index >= 15 is 0 Å². The van der Waals surface area contributed by atoms with Gasteiger partial charge in [-0.15, -0.1) is 10.2 Å². The number of benzene rings is 2. The molecule has 0 bridgehead atoms. The highest BCUT2D eigenvalue weighted by molar-refractivity contribution is 7.98. The van der Waals surface area contributed by atoms with Crippen molar-refractivity contribution < 1.29 is 8.81 Å². The van der Waals surface area contributed by atoms with E-state index in [1.165, 1.54) is 29.5 Å². The first kappa shape index (κ1) is 20.7. The van der Waals surface area contributed by atoms with Gasteiger partial charge < -0.3 is 15.5 Å². The van der Waals surface area contributed by atoms with Crippen LogP contribution in [0.3, 0.4) is 0 Å². The van der Waals surface area contributed by atoms with E-state index in [4.69, 9.17) is 10.2 Å². The predicted octanol–water partition coefficient (Wildman–Crippen LogP) is 4.36. The molecule has 2 aromatic carbocycles. The molecule has 0 amide bonds. The van der Waals surface area contributed by atoms with Crippen molar-refractivity contribution in [1.29, 1.82) is 0 Å². The van der Waals surface area contributed by atoms with Crippen molar-refractivity contribution >= 4 is 29.3 Å². The summed E-state index contributed by atoms with van der Waals surface area (Å²) in [5, 5.41) is 11.6. The fraction of sp³-hybridized carbons (Fsp3) is 0.190. The second kappa shape index (κ2) is 9.52. The van der Waals surface area contributed by atoms with Crippen LogP contribution < -0.4 is 11.1 Å². The van der Waals surface area contributed by atoms with Gasteiger partial charge in [-0.3, -0.25) is 0 Å². The van der Waals surface area contributed by atoms with Crippen LogP contribution in [-0.4, -0.2) is 25.1 Å². The van der Waals surface area contributed by atoms with Crippen molar-refractivity contribution in [2.75, 3.05) is 11.1 Å². The first-order chi connectivity index (χ1) is 15.0. The van der Waals surface area contributed by atoms with Crippen LogP contribution in [0, 0.1) is 5.82 Å². The number of nitrogens with zero attached hydrogens (tertiary/aromatic N) is 5. The number of rotatable bonds is 8. The smallest absolute Gasteiger partial charge is 0.277 e. The normalized spacial score (nSPS) is 11.9. The Morgan fingerprint density at radius 3 is 2.58 bits per heavy atom. The van der Waals surface area contributed by atoms with Gasteiger partial charge in [-0.2, -0.15) is 15.0 Å². The van der Waals surface area contributed by atoms with Gasteiger partial charge in [0.25, 0.3) is 5.22 Å². The Morgan fingerprint density at radius 1 is 1.03 bits per heavy atom. The van der Waals surface area contributed by atoms with Gasteiger partial charge in [0.05, 0.1) is 5.75 Å². The van der Waals surface area contributed by atoms with Crippen molar-refractivity contribution in [3.05, 3.63) is 77.7 Å². The molecule has 158 valence electrons. The molecule has 1 unspecified atom stereocenters. The zero-order valence-corrected chi connectivity index (χ0v) is 17.5. The quantitative estimate of drug-likeness (QED) is 0.388. The minimum atomic E-state index is -0.324. The van der Waals surface area contributed by atoms with Crippen LogP contribution in [-0.2, 0) is 12.2 Å². The lowest BCUT2D eigenvalue weighted by atomic mass is 9.98. The maximum absolute atomic E-state index is 13.1. The molecule has 0 spiro atoms. The summed E-state index contributed by atoms with van der Waals surface area (Å²) in [6.45, 7) is 2.12. The molecule has 8 nitrogen and oxygen atoms in total. The third-order valence-corrected chi connectivity index (χ3v) is 5.24. The fourth-order valence-electron chi connectivity index (χ4n) is 2.89. The lowest BCUT2D eigenvalue weighted by molar-refractivity contribution is 0.404. The molecule has 4 aromatic rings. The summed E-state index contributed by atoms with van der Waals surface area (Å²) in [6, 6.07) is 16.0. The summed E-state index contributed by atoms with van der Waals surface area (Å²) >= 11 is 1.32. The number of nitrogens with one attached hydrogen (secondary N) is 1. The standard InChI is InChI=1S/C21H20FN7OS/c1-13(14-5-3-2-4-6-14)11-18-28-29-21(30-18)31-12-17-25-19(23)27-20(26-17)24-16-9-7-15(22)8-10-16/h2-10,13H,11-12H2,1H3,(H3,23,24,25,26,27). The monoisotopic (exact) mass is 437 g/mol. The molecule has 31 heavy (non-hydrogen) atoms. The zero-order valence-electron chi connectivity index (χ0n) is 16.7. The highest BCUT2D eigenvalue weighted by Crippen LogP contribution is 2.24. The number of nitrogen functional groups attached to an aromatic ring is 1. The molecular formula is C21H20FN7OS. The predicted molar refractivity (Wildman–Crippen MR) is 116 cm³/mol. The van der Waals surface area contributed by atoms with Gasteiger partial charge in [-0.05, 0) is 35.7 Å². The fourth-order valence-corrected chi connectivity index (χ4v) is 3.52. The number of thioether (sulfide) groups is 1. The molecule has 1 atom stereocenters. The molecule has 0 saturated carbocycles. The largest absolute Gasteiger partial charge is 0.416 e. The number of halogens is 1. The maximum Gasteiger partial charge on any atom is 0.277 e. The van der Waals surface area contributed by atoms with Crippen LogP contribution in [0.5, 0.6) is 0 Å². The lowest BCUT2D eigenvalue weighted by Crippen LogP contribution is -2.06. The molecule has 0 aliphatic heterocycles. The summed E-state index contributed by atoms with van der Waals surface area (Å²) in [4.78, 5) is 12.5. The van der Waals surface area contributed by atoms with Crippen LogP contribution in [0.1, 0.15) is 30.1 Å². The van der Waals surface area contributed by atoms with E-state index in [-0.39, 0.29) is 23.6 Å². The van der Waals surface area contributed by atoms with Crippen molar-refractivity contribution in [3.63, 3.8) is 0 Å². The average Bonchev–Trinajstić information content (AvgIpc) is 3.21. The van der Waals surface area contributed by atoms with E-state index in [0.717, 1.165) is 0 Å². The SMILES string of the molecule is CC(Cc1nnc(SCc2nc(N)nc(Nc3ccc(F)cc3)n2)o1)c1ccccc1. The summed E-state index contributed by atoms with van der Waals surface area (Å²) < 4.78 is 18.8. The topological polar surface area (TPSA) is 116 Å². The van der Waals surface area contributed by atoms with Crippen LogP contribution in [0.4, 0.5) is 22.0 Å². The van der Waals surface area contributed by atoms with E-state index in [1.54, 1.807) is 12.1 Å². The van der Waals surface area contributed by atoms with Gasteiger partial charge in [0.15, 0.2) is 0 Å². The second-order valence-electron chi connectivity index (χ2n) is 6.83. The van der Waals surface area contributed by atoms with E-state index in [0.29, 0.717) is 34.8 Å². The molecule has 0 radical (unpaired) electrons. The van der Waals surface area contributed by atoms with Crippen LogP contribution in [0.15, 0.2) is 64.2 Å². The third kappa shape index (κ3) is 5.76. The molecule has 0 aliphatic carbocycles. The van der Waals surface area contributed by atoms with Crippen LogP contribution in [0.25, 0.3) is 0 Å². The highest BCUT2D eigenvalue weighted by Gasteiger charge is 2.14. The van der Waals surface area contributed by atoms with Gasteiger partial charge in [-0.25, -0.2) is 4.39 Å². The van der Waals surface area contributed by atoms with Gasteiger partial charge in [0, 0.05) is 12.1 Å². The lowest BCUT2D eigenvalue weighted by Gasteiger charge is -2.08. The molecule has 4 rings (SSSR count). The Balaban J connectivity index is 1.37. The average molecular weight is 438 g/mol. The number of anilines is 3. The summed E-state index contributed by atoms with van der Waals surface area (Å²) in [5.74, 6) is 1.71. The minimum absolute atomic E-state index is 0.0816. The molecule has 2 heterocycles. The molecule has 0 aliphatic rings. The van der Waals surface area contributed by atoms with Crippen molar-refractivity contribution in [3.8, 4) is 0 Å². The summed E-state index contributed by atoms with van der Waals surface area (Å²) in [6.07, 6.45) is 0.655. The highest BCUT2D eigenvalue weighted by atomic mass is 32.2. The second-order valence-corrected chi connectivity index (χ2v) is 7.76. The first-order valence-corrected chi connectivity index (χ1v) is 10.6. The molecule has 2 aromatic heterocycles. The van der Waals surface area contributed by atoms with Crippen molar-refractivity contribution in [2.24, 2.45) is 0 Å². The van der Waals surface area contributed by atoms with E-state index in [2.05, 4.69) is 49.5 Å². The molecule has 3 N–H and O–H groups in total. The Hall–Kier alpha value is -3.53. The van der Waals surface area contributed by atoms with Gasteiger partial charge >= 0.3 is 0 Å². The Labute approximate surface area is 182 Å². The summed E-state index contributed by atoms with van der Waals surface area (Å²) in [5.41, 5.74) is 7.66. The first-order valence-electron chi connectivity index (χ1n) is 9.58. The van der Waals surface area contributed by atoms with Gasteiger partial charge in [0.2, 0.25) is 17.8 Å². The van der Waals surface area contributed by atoms with Gasteiger partial charge in [-0.1, -0.05) is 49.0 Å². The Morgan fingerprint density at radius 2 is 1.81 bits per heavy atom. The number of aromatic nitrogens is 5.